The maximum absolute atomic E-state index is 8.98. The first-order valence-electron chi connectivity index (χ1n) is 5.11. The second kappa shape index (κ2) is 3.95. The lowest BCUT2D eigenvalue weighted by Gasteiger charge is -2.36. The normalized spacial score (nSPS) is 36.0. The predicted molar refractivity (Wildman–Crippen MR) is 54.5 cm³/mol. The van der Waals surface area contributed by atoms with E-state index in [1.165, 1.54) is 0 Å². The Balaban J connectivity index is 2.73. The molecule has 0 spiro atoms. The zero-order valence-electron chi connectivity index (χ0n) is 8.95. The number of aliphatic hydroxyl groups is 1. The molecule has 3 N–H and O–H groups in total. The molecule has 1 aliphatic rings. The van der Waals surface area contributed by atoms with Gasteiger partial charge >= 0.3 is 0 Å². The molecule has 2 unspecified atom stereocenters. The van der Waals surface area contributed by atoms with Crippen molar-refractivity contribution in [2.75, 3.05) is 20.2 Å². The number of likely N-dealkylation sites (N-methyl/N-ethyl adjacent to an activating group) is 1. The topological polar surface area (TPSA) is 49.5 Å². The molecule has 0 bridgehead atoms. The van der Waals surface area contributed by atoms with Crippen LogP contribution in [0.5, 0.6) is 0 Å². The molecular weight excluding hydrogens is 164 g/mol. The van der Waals surface area contributed by atoms with Crippen LogP contribution in [-0.2, 0) is 0 Å². The van der Waals surface area contributed by atoms with Crippen molar-refractivity contribution in [2.24, 2.45) is 11.7 Å². The Hall–Kier alpha value is -0.120. The Kier molecular flexibility index (Phi) is 3.33. The summed E-state index contributed by atoms with van der Waals surface area (Å²) in [6.07, 6.45) is 1.73. The highest BCUT2D eigenvalue weighted by atomic mass is 16.3. The second-order valence-electron chi connectivity index (χ2n) is 4.63. The summed E-state index contributed by atoms with van der Waals surface area (Å²) in [6, 6.07) is 0.416. The molecule has 1 aliphatic heterocycles. The van der Waals surface area contributed by atoms with Gasteiger partial charge in [0.25, 0.3) is 0 Å². The third-order valence-electron chi connectivity index (χ3n) is 3.20. The highest BCUT2D eigenvalue weighted by molar-refractivity contribution is 5.03. The lowest BCUT2D eigenvalue weighted by atomic mass is 9.82. The summed E-state index contributed by atoms with van der Waals surface area (Å²) in [6.45, 7) is 5.66. The van der Waals surface area contributed by atoms with Crippen LogP contribution < -0.4 is 5.73 Å². The van der Waals surface area contributed by atoms with E-state index in [0.717, 1.165) is 19.4 Å². The number of likely N-dealkylation sites (tertiary alicyclic amines) is 1. The second-order valence-corrected chi connectivity index (χ2v) is 4.63. The van der Waals surface area contributed by atoms with Gasteiger partial charge in [-0.05, 0) is 25.8 Å². The Morgan fingerprint density at radius 3 is 2.69 bits per heavy atom. The number of hydrogen-bond donors (Lipinski definition) is 2. The SMILES string of the molecule is CC(C)C1N(C)CCC1(N)CCO. The number of aliphatic hydroxyl groups excluding tert-OH is 1. The molecule has 13 heavy (non-hydrogen) atoms. The zero-order chi connectivity index (χ0) is 10.1. The molecule has 1 rings (SSSR count). The molecule has 1 saturated heterocycles. The average Bonchev–Trinajstić information content (AvgIpc) is 2.27. The molecule has 0 aromatic rings. The molecule has 0 saturated carbocycles. The van der Waals surface area contributed by atoms with E-state index in [1.54, 1.807) is 0 Å². The summed E-state index contributed by atoms with van der Waals surface area (Å²) in [4.78, 5) is 2.32. The first-order chi connectivity index (χ1) is 6.01. The lowest BCUT2D eigenvalue weighted by Crippen LogP contribution is -2.53. The molecule has 0 aliphatic carbocycles. The van der Waals surface area contributed by atoms with Gasteiger partial charge in [-0.25, -0.2) is 0 Å². The summed E-state index contributed by atoms with van der Waals surface area (Å²) < 4.78 is 0. The van der Waals surface area contributed by atoms with E-state index in [2.05, 4.69) is 25.8 Å². The van der Waals surface area contributed by atoms with Crippen LogP contribution in [0.4, 0.5) is 0 Å². The highest BCUT2D eigenvalue weighted by Crippen LogP contribution is 2.32. The molecule has 1 fully saturated rings. The number of rotatable bonds is 3. The van der Waals surface area contributed by atoms with Gasteiger partial charge in [0.2, 0.25) is 0 Å². The van der Waals surface area contributed by atoms with E-state index in [0.29, 0.717) is 12.0 Å². The minimum Gasteiger partial charge on any atom is -0.396 e. The average molecular weight is 186 g/mol. The highest BCUT2D eigenvalue weighted by Gasteiger charge is 2.43. The van der Waals surface area contributed by atoms with Gasteiger partial charge in [-0.2, -0.15) is 0 Å². The molecule has 2 atom stereocenters. The fraction of sp³-hybridized carbons (Fsp3) is 1.00. The molecule has 0 aromatic carbocycles. The van der Waals surface area contributed by atoms with Crippen LogP contribution in [0.25, 0.3) is 0 Å². The monoisotopic (exact) mass is 186 g/mol. The van der Waals surface area contributed by atoms with Gasteiger partial charge in [-0.15, -0.1) is 0 Å². The van der Waals surface area contributed by atoms with Gasteiger partial charge in [0.1, 0.15) is 0 Å². The van der Waals surface area contributed by atoms with E-state index in [9.17, 15) is 0 Å². The van der Waals surface area contributed by atoms with E-state index >= 15 is 0 Å². The summed E-state index contributed by atoms with van der Waals surface area (Å²) in [5.74, 6) is 0.559. The van der Waals surface area contributed by atoms with E-state index < -0.39 is 0 Å². The van der Waals surface area contributed by atoms with Crippen LogP contribution in [0.3, 0.4) is 0 Å². The fourth-order valence-corrected chi connectivity index (χ4v) is 2.76. The third-order valence-corrected chi connectivity index (χ3v) is 3.20. The maximum Gasteiger partial charge on any atom is 0.0449 e. The largest absolute Gasteiger partial charge is 0.396 e. The molecule has 0 amide bonds. The van der Waals surface area contributed by atoms with Crippen LogP contribution in [-0.4, -0.2) is 41.8 Å². The third kappa shape index (κ3) is 2.03. The van der Waals surface area contributed by atoms with Crippen molar-refractivity contribution in [3.8, 4) is 0 Å². The Labute approximate surface area is 80.9 Å². The molecule has 78 valence electrons. The molecule has 3 heteroatoms. The van der Waals surface area contributed by atoms with Crippen LogP contribution >= 0.6 is 0 Å². The first-order valence-corrected chi connectivity index (χ1v) is 5.11. The zero-order valence-corrected chi connectivity index (χ0v) is 8.95. The number of nitrogens with two attached hydrogens (primary N) is 1. The smallest absolute Gasteiger partial charge is 0.0449 e. The standard InChI is InChI=1S/C10H22N2O/c1-8(2)9-10(11,5-7-13)4-6-12(9)3/h8-9,13H,4-7,11H2,1-3H3. The summed E-state index contributed by atoms with van der Waals surface area (Å²) in [5.41, 5.74) is 6.13. The Bertz CT molecular complexity index is 168. The van der Waals surface area contributed by atoms with Gasteiger partial charge in [0.05, 0.1) is 0 Å². The first kappa shape index (κ1) is 11.0. The minimum atomic E-state index is -0.169. The summed E-state index contributed by atoms with van der Waals surface area (Å²) in [5, 5.41) is 8.98. The number of nitrogens with zero attached hydrogens (tertiary/aromatic N) is 1. The molecule has 0 radical (unpaired) electrons. The van der Waals surface area contributed by atoms with Gasteiger partial charge in [-0.3, -0.25) is 0 Å². The van der Waals surface area contributed by atoms with Crippen molar-refractivity contribution in [3.05, 3.63) is 0 Å². The fourth-order valence-electron chi connectivity index (χ4n) is 2.76. The lowest BCUT2D eigenvalue weighted by molar-refractivity contribution is 0.155. The quantitative estimate of drug-likeness (QED) is 0.672. The number of hydrogen-bond acceptors (Lipinski definition) is 3. The van der Waals surface area contributed by atoms with Crippen molar-refractivity contribution in [2.45, 2.75) is 38.3 Å². The van der Waals surface area contributed by atoms with Gasteiger partial charge < -0.3 is 15.7 Å². The predicted octanol–water partition coefficient (Wildman–Crippen LogP) is 0.426. The summed E-state index contributed by atoms with van der Waals surface area (Å²) in [7, 11) is 2.12. The van der Waals surface area contributed by atoms with Crippen LogP contribution in [0, 0.1) is 5.92 Å². The van der Waals surface area contributed by atoms with Gasteiger partial charge in [-0.1, -0.05) is 13.8 Å². The van der Waals surface area contributed by atoms with Crippen molar-refractivity contribution in [1.29, 1.82) is 0 Å². The van der Waals surface area contributed by atoms with Crippen molar-refractivity contribution in [3.63, 3.8) is 0 Å². The molecular formula is C10H22N2O. The van der Waals surface area contributed by atoms with E-state index in [4.69, 9.17) is 10.8 Å². The maximum atomic E-state index is 8.98. The van der Waals surface area contributed by atoms with Crippen molar-refractivity contribution < 1.29 is 5.11 Å². The van der Waals surface area contributed by atoms with Gasteiger partial charge in [0.15, 0.2) is 0 Å². The van der Waals surface area contributed by atoms with Crippen molar-refractivity contribution in [1.82, 2.24) is 4.90 Å². The van der Waals surface area contributed by atoms with E-state index in [1.807, 2.05) is 0 Å². The molecule has 3 nitrogen and oxygen atoms in total. The van der Waals surface area contributed by atoms with Crippen LogP contribution in [0.1, 0.15) is 26.7 Å². The van der Waals surface area contributed by atoms with Crippen molar-refractivity contribution >= 4 is 0 Å². The minimum absolute atomic E-state index is 0.169. The van der Waals surface area contributed by atoms with Gasteiger partial charge in [0, 0.05) is 24.7 Å². The molecule has 1 heterocycles. The van der Waals surface area contributed by atoms with Crippen LogP contribution in [0.15, 0.2) is 0 Å². The summed E-state index contributed by atoms with van der Waals surface area (Å²) >= 11 is 0. The Morgan fingerprint density at radius 1 is 1.62 bits per heavy atom. The Morgan fingerprint density at radius 2 is 2.23 bits per heavy atom. The van der Waals surface area contributed by atoms with E-state index in [-0.39, 0.29) is 12.1 Å². The van der Waals surface area contributed by atoms with Crippen LogP contribution in [0.2, 0.25) is 0 Å². The molecule has 0 aromatic heterocycles.